The van der Waals surface area contributed by atoms with Gasteiger partial charge in [-0.25, -0.2) is 0 Å². The van der Waals surface area contributed by atoms with Gasteiger partial charge < -0.3 is 4.18 Å². The molecule has 0 saturated heterocycles. The third-order valence-corrected chi connectivity index (χ3v) is 5.42. The van der Waals surface area contributed by atoms with Crippen molar-refractivity contribution < 1.29 is 12.6 Å². The lowest BCUT2D eigenvalue weighted by molar-refractivity contribution is 0.486. The van der Waals surface area contributed by atoms with Crippen molar-refractivity contribution in [3.8, 4) is 16.9 Å². The van der Waals surface area contributed by atoms with Gasteiger partial charge in [-0.05, 0) is 46.2 Å². The van der Waals surface area contributed by atoms with E-state index < -0.39 is 10.1 Å². The summed E-state index contributed by atoms with van der Waals surface area (Å²) in [7, 11) is -3.88. The van der Waals surface area contributed by atoms with Crippen molar-refractivity contribution in [2.45, 2.75) is 4.90 Å². The van der Waals surface area contributed by atoms with E-state index in [1.54, 1.807) is 30.3 Å². The van der Waals surface area contributed by atoms with Crippen LogP contribution in [0.4, 0.5) is 0 Å². The second-order valence-electron chi connectivity index (χ2n) is 5.94. The van der Waals surface area contributed by atoms with E-state index in [1.165, 1.54) is 0 Å². The average molecular weight is 360 g/mol. The predicted octanol–water partition coefficient (Wildman–Crippen LogP) is 5.27. The third kappa shape index (κ3) is 3.32. The Bertz CT molecular complexity index is 1150. The molecule has 4 rings (SSSR count). The molecule has 0 aromatic heterocycles. The van der Waals surface area contributed by atoms with Gasteiger partial charge in [0.1, 0.15) is 10.6 Å². The van der Waals surface area contributed by atoms with Crippen molar-refractivity contribution in [2.24, 2.45) is 0 Å². The Labute approximate surface area is 152 Å². The summed E-state index contributed by atoms with van der Waals surface area (Å²) in [5, 5.41) is 1.84. The average Bonchev–Trinajstić information content (AvgIpc) is 2.68. The summed E-state index contributed by atoms with van der Waals surface area (Å²) in [5.74, 6) is 0.290. The highest BCUT2D eigenvalue weighted by atomic mass is 32.2. The van der Waals surface area contributed by atoms with E-state index in [0.717, 1.165) is 21.9 Å². The zero-order valence-electron chi connectivity index (χ0n) is 13.9. The Morgan fingerprint density at radius 3 is 1.92 bits per heavy atom. The highest BCUT2D eigenvalue weighted by Gasteiger charge is 2.17. The van der Waals surface area contributed by atoms with Gasteiger partial charge in [0.15, 0.2) is 0 Å². The van der Waals surface area contributed by atoms with E-state index in [1.807, 2.05) is 66.7 Å². The molecular formula is C22H16O3S. The minimum absolute atomic E-state index is 0.142. The highest BCUT2D eigenvalue weighted by molar-refractivity contribution is 7.87. The zero-order valence-corrected chi connectivity index (χ0v) is 14.7. The standard InChI is InChI=1S/C22H16O3S/c23-26(24,22-15-12-18-8-4-5-9-20(18)16-22)25-21-13-10-19(11-14-21)17-6-2-1-3-7-17/h1-16H. The van der Waals surface area contributed by atoms with Gasteiger partial charge in [-0.2, -0.15) is 8.42 Å². The Kier molecular flexibility index (Phi) is 4.19. The smallest absolute Gasteiger partial charge is 0.339 e. The predicted molar refractivity (Wildman–Crippen MR) is 104 cm³/mol. The van der Waals surface area contributed by atoms with Crippen molar-refractivity contribution in [3.63, 3.8) is 0 Å². The summed E-state index contributed by atoms with van der Waals surface area (Å²) < 4.78 is 30.5. The van der Waals surface area contributed by atoms with Gasteiger partial charge >= 0.3 is 10.1 Å². The van der Waals surface area contributed by atoms with E-state index in [2.05, 4.69) is 0 Å². The van der Waals surface area contributed by atoms with Crippen LogP contribution in [0, 0.1) is 0 Å². The molecule has 0 aliphatic rings. The molecule has 0 fully saturated rings. The van der Waals surface area contributed by atoms with E-state index in [4.69, 9.17) is 4.18 Å². The van der Waals surface area contributed by atoms with Crippen LogP contribution in [0.25, 0.3) is 21.9 Å². The fraction of sp³-hybridized carbons (Fsp3) is 0. The Balaban J connectivity index is 1.60. The molecule has 128 valence electrons. The van der Waals surface area contributed by atoms with Crippen LogP contribution in [0.1, 0.15) is 0 Å². The monoisotopic (exact) mass is 360 g/mol. The minimum atomic E-state index is -3.88. The molecular weight excluding hydrogens is 344 g/mol. The third-order valence-electron chi connectivity index (χ3n) is 4.18. The van der Waals surface area contributed by atoms with E-state index in [-0.39, 0.29) is 10.6 Å². The fourth-order valence-electron chi connectivity index (χ4n) is 2.83. The maximum absolute atomic E-state index is 12.6. The summed E-state index contributed by atoms with van der Waals surface area (Å²) in [6, 6.07) is 29.5. The van der Waals surface area contributed by atoms with Crippen LogP contribution in [0.15, 0.2) is 102 Å². The van der Waals surface area contributed by atoms with Gasteiger partial charge in [0.2, 0.25) is 0 Å². The van der Waals surface area contributed by atoms with Crippen molar-refractivity contribution in [3.05, 3.63) is 97.1 Å². The van der Waals surface area contributed by atoms with Crippen LogP contribution in [0.3, 0.4) is 0 Å². The SMILES string of the molecule is O=S(=O)(Oc1ccc(-c2ccccc2)cc1)c1ccc2ccccc2c1. The highest BCUT2D eigenvalue weighted by Crippen LogP contribution is 2.25. The summed E-state index contributed by atoms with van der Waals surface area (Å²) in [4.78, 5) is 0.142. The van der Waals surface area contributed by atoms with Crippen LogP contribution < -0.4 is 4.18 Å². The van der Waals surface area contributed by atoms with Crippen molar-refractivity contribution >= 4 is 20.9 Å². The van der Waals surface area contributed by atoms with Gasteiger partial charge in [-0.1, -0.05) is 72.8 Å². The molecule has 0 amide bonds. The second kappa shape index (κ2) is 6.65. The topological polar surface area (TPSA) is 43.4 Å². The lowest BCUT2D eigenvalue weighted by atomic mass is 10.1. The largest absolute Gasteiger partial charge is 0.379 e. The molecule has 4 aromatic rings. The van der Waals surface area contributed by atoms with E-state index in [0.29, 0.717) is 0 Å². The molecule has 0 N–H and O–H groups in total. The van der Waals surface area contributed by atoms with Gasteiger partial charge in [0, 0.05) is 0 Å². The quantitative estimate of drug-likeness (QED) is 0.465. The summed E-state index contributed by atoms with van der Waals surface area (Å²) in [5.41, 5.74) is 2.07. The molecule has 0 aliphatic carbocycles. The first kappa shape index (κ1) is 16.4. The molecule has 4 heteroatoms. The van der Waals surface area contributed by atoms with Crippen LogP contribution in [0.2, 0.25) is 0 Å². The van der Waals surface area contributed by atoms with E-state index >= 15 is 0 Å². The molecule has 0 spiro atoms. The molecule has 0 saturated carbocycles. The Morgan fingerprint density at radius 1 is 0.577 bits per heavy atom. The molecule has 0 bridgehead atoms. The number of fused-ring (bicyclic) bond motifs is 1. The van der Waals surface area contributed by atoms with Gasteiger partial charge in [0.05, 0.1) is 0 Å². The van der Waals surface area contributed by atoms with Crippen LogP contribution in [0.5, 0.6) is 5.75 Å². The molecule has 0 aliphatic heterocycles. The number of rotatable bonds is 4. The van der Waals surface area contributed by atoms with Crippen molar-refractivity contribution in [1.82, 2.24) is 0 Å². The fourth-order valence-corrected chi connectivity index (χ4v) is 3.80. The maximum Gasteiger partial charge on any atom is 0.339 e. The molecule has 0 unspecified atom stereocenters. The molecule has 0 heterocycles. The van der Waals surface area contributed by atoms with Crippen LogP contribution >= 0.6 is 0 Å². The first-order chi connectivity index (χ1) is 12.6. The van der Waals surface area contributed by atoms with Crippen LogP contribution in [-0.4, -0.2) is 8.42 Å². The Morgan fingerprint density at radius 2 is 1.19 bits per heavy atom. The molecule has 3 nitrogen and oxygen atoms in total. The molecule has 4 aromatic carbocycles. The lowest BCUT2D eigenvalue weighted by Crippen LogP contribution is -2.09. The van der Waals surface area contributed by atoms with Gasteiger partial charge in [-0.15, -0.1) is 0 Å². The van der Waals surface area contributed by atoms with Crippen molar-refractivity contribution in [1.29, 1.82) is 0 Å². The maximum atomic E-state index is 12.6. The van der Waals surface area contributed by atoms with E-state index in [9.17, 15) is 8.42 Å². The number of benzene rings is 4. The number of hydrogen-bond acceptors (Lipinski definition) is 3. The second-order valence-corrected chi connectivity index (χ2v) is 7.48. The number of hydrogen-bond donors (Lipinski definition) is 0. The van der Waals surface area contributed by atoms with Crippen molar-refractivity contribution in [2.75, 3.05) is 0 Å². The van der Waals surface area contributed by atoms with Gasteiger partial charge in [-0.3, -0.25) is 0 Å². The summed E-state index contributed by atoms with van der Waals surface area (Å²) >= 11 is 0. The molecule has 26 heavy (non-hydrogen) atoms. The molecule has 0 atom stereocenters. The minimum Gasteiger partial charge on any atom is -0.379 e. The normalized spacial score (nSPS) is 11.4. The first-order valence-electron chi connectivity index (χ1n) is 8.21. The zero-order chi connectivity index (χ0) is 18.0. The first-order valence-corrected chi connectivity index (χ1v) is 9.61. The summed E-state index contributed by atoms with van der Waals surface area (Å²) in [6.45, 7) is 0. The summed E-state index contributed by atoms with van der Waals surface area (Å²) in [6.07, 6.45) is 0. The lowest BCUT2D eigenvalue weighted by Gasteiger charge is -2.09. The van der Waals surface area contributed by atoms with Gasteiger partial charge in [0.25, 0.3) is 0 Å². The van der Waals surface area contributed by atoms with Crippen LogP contribution in [-0.2, 0) is 10.1 Å². The molecule has 0 radical (unpaired) electrons. The Hall–Kier alpha value is -3.11.